The maximum absolute atomic E-state index is 12.7. The van der Waals surface area contributed by atoms with Crippen LogP contribution in [0, 0.1) is 13.8 Å². The second kappa shape index (κ2) is 14.7. The molecule has 3 heterocycles. The number of nitrogens with two attached hydrogens (primary N) is 1. The van der Waals surface area contributed by atoms with E-state index in [9.17, 15) is 40.6 Å². The first-order chi connectivity index (χ1) is 25.8. The molecule has 0 unspecified atom stereocenters. The number of amides is 1. The molecule has 284 valence electrons. The number of primary amides is 1. The topological polar surface area (TPSA) is 294 Å². The van der Waals surface area contributed by atoms with Crippen LogP contribution in [0.1, 0.15) is 28.4 Å². The highest BCUT2D eigenvalue weighted by atomic mass is 35.5. The minimum Gasteiger partial charge on any atom is -0.493 e. The minimum absolute atomic E-state index is 0.000211. The molecule has 23 heteroatoms. The van der Waals surface area contributed by atoms with Crippen LogP contribution in [0.5, 0.6) is 5.88 Å². The fourth-order valence-electron chi connectivity index (χ4n) is 5.43. The average molecular weight is 827 g/mol. The predicted molar refractivity (Wildman–Crippen MR) is 203 cm³/mol. The summed E-state index contributed by atoms with van der Waals surface area (Å²) in [6, 6.07) is 13.5. The number of nitrogens with zero attached hydrogens (tertiary/aromatic N) is 7. The van der Waals surface area contributed by atoms with Crippen molar-refractivity contribution in [3.8, 4) is 16.5 Å². The van der Waals surface area contributed by atoms with Gasteiger partial charge in [0.2, 0.25) is 23.1 Å². The highest BCUT2D eigenvalue weighted by molar-refractivity contribution is 7.86. The number of aryl methyl sites for hydroxylation is 1. The first-order valence-electron chi connectivity index (χ1n) is 15.6. The number of hydrogen-bond acceptors (Lipinski definition) is 16. The largest absolute Gasteiger partial charge is 0.493 e. The number of azo groups is 1. The van der Waals surface area contributed by atoms with Crippen LogP contribution < -0.4 is 21.9 Å². The van der Waals surface area contributed by atoms with E-state index in [1.807, 2.05) is 0 Å². The van der Waals surface area contributed by atoms with Gasteiger partial charge < -0.3 is 21.5 Å². The molecule has 0 aliphatic heterocycles. The van der Waals surface area contributed by atoms with E-state index in [1.165, 1.54) is 19.9 Å². The summed E-state index contributed by atoms with van der Waals surface area (Å²) in [6.07, 6.45) is 0. The van der Waals surface area contributed by atoms with Crippen LogP contribution in [0.3, 0.4) is 0 Å². The van der Waals surface area contributed by atoms with E-state index in [1.54, 1.807) is 43.3 Å². The van der Waals surface area contributed by atoms with E-state index in [4.69, 9.17) is 17.3 Å². The van der Waals surface area contributed by atoms with Crippen molar-refractivity contribution in [3.63, 3.8) is 0 Å². The Balaban J connectivity index is 1.27. The van der Waals surface area contributed by atoms with Gasteiger partial charge in [0, 0.05) is 29.0 Å². The zero-order chi connectivity index (χ0) is 40.0. The molecular weight excluding hydrogens is 800 g/mol. The van der Waals surface area contributed by atoms with Gasteiger partial charge in [-0.2, -0.15) is 31.8 Å². The monoisotopic (exact) mass is 826 g/mol. The second-order valence-corrected chi connectivity index (χ2v) is 15.7. The summed E-state index contributed by atoms with van der Waals surface area (Å²) in [5.41, 5.74) is 5.32. The van der Waals surface area contributed by atoms with Crippen molar-refractivity contribution in [1.82, 2.24) is 24.5 Å². The standard InChI is InChI=1S/C32H27ClN10O9S3/c1-4-43-28(45)22(26(34)44)15(3)23(29(43)46)42-41-20-13-18(10-12-21(20)54(47,48)49)36-32-39-30(33)38-31(40-32)35-17-8-6-16(7-9-17)27-37-19-11-5-14(2)25(24(19)53-27)55(50,51)52/h5-13,46H,4H2,1-3H3,(H2,34,44)(H,47,48,49)(H,50,51,52)(H2,35,36,38,39,40)/b42-41+. The average Bonchev–Trinajstić information content (AvgIpc) is 3.51. The number of fused-ring (bicyclic) bond motifs is 1. The lowest BCUT2D eigenvalue weighted by Crippen LogP contribution is -2.30. The van der Waals surface area contributed by atoms with Gasteiger partial charge in [-0.3, -0.25) is 23.3 Å². The summed E-state index contributed by atoms with van der Waals surface area (Å²) in [6.45, 7) is 4.34. The molecule has 6 rings (SSSR count). The zero-order valence-corrected chi connectivity index (χ0v) is 31.7. The highest BCUT2D eigenvalue weighted by Crippen LogP contribution is 2.37. The lowest BCUT2D eigenvalue weighted by atomic mass is 10.1. The summed E-state index contributed by atoms with van der Waals surface area (Å²) >= 11 is 7.29. The Hall–Kier alpha value is -5.91. The van der Waals surface area contributed by atoms with Crippen LogP contribution in [0.15, 0.2) is 79.4 Å². The van der Waals surface area contributed by atoms with Crippen molar-refractivity contribution in [2.45, 2.75) is 37.1 Å². The molecule has 0 spiro atoms. The molecule has 1 amide bonds. The number of thiazole rings is 1. The first-order valence-corrected chi connectivity index (χ1v) is 19.7. The third-order valence-corrected chi connectivity index (χ3v) is 11.3. The molecule has 19 nitrogen and oxygen atoms in total. The van der Waals surface area contributed by atoms with Crippen molar-refractivity contribution >= 4 is 93.9 Å². The van der Waals surface area contributed by atoms with Crippen LogP contribution in [0.2, 0.25) is 5.28 Å². The minimum atomic E-state index is -4.86. The summed E-state index contributed by atoms with van der Waals surface area (Å²) in [5.74, 6) is -1.83. The second-order valence-electron chi connectivity index (χ2n) is 11.6. The number of carbonyl (C=O) groups excluding carboxylic acids is 1. The number of hydrogen-bond donors (Lipinski definition) is 6. The normalized spacial score (nSPS) is 12.0. The van der Waals surface area contributed by atoms with Gasteiger partial charge in [0.25, 0.3) is 31.7 Å². The van der Waals surface area contributed by atoms with Gasteiger partial charge >= 0.3 is 0 Å². The van der Waals surface area contributed by atoms with E-state index in [0.717, 1.165) is 28.0 Å². The highest BCUT2D eigenvalue weighted by Gasteiger charge is 2.24. The molecule has 0 saturated heterocycles. The smallest absolute Gasteiger partial charge is 0.296 e. The summed E-state index contributed by atoms with van der Waals surface area (Å²) in [4.78, 5) is 40.8. The molecule has 3 aromatic heterocycles. The van der Waals surface area contributed by atoms with Gasteiger partial charge in [-0.25, -0.2) is 4.98 Å². The van der Waals surface area contributed by atoms with Gasteiger partial charge in [0.15, 0.2) is 0 Å². The summed E-state index contributed by atoms with van der Waals surface area (Å²) in [7, 11) is -9.34. The number of rotatable bonds is 11. The SMILES string of the molecule is CCn1c(O)c(/N=N/c2cc(Nc3nc(Cl)nc(Nc4ccc(-c5nc6ccc(C)c(S(=O)(=O)O)c6s5)cc4)n3)ccc2S(=O)(=O)O)c(C)c(C(N)=O)c1=O. The Morgan fingerprint density at radius 1 is 0.909 bits per heavy atom. The molecule has 0 saturated carbocycles. The van der Waals surface area contributed by atoms with Gasteiger partial charge in [0.1, 0.15) is 31.7 Å². The van der Waals surface area contributed by atoms with E-state index < -0.39 is 53.7 Å². The third-order valence-electron chi connectivity index (χ3n) is 7.93. The Morgan fingerprint density at radius 3 is 2.15 bits per heavy atom. The van der Waals surface area contributed by atoms with Gasteiger partial charge in [-0.1, -0.05) is 6.07 Å². The molecule has 7 N–H and O–H groups in total. The van der Waals surface area contributed by atoms with E-state index in [2.05, 4.69) is 40.8 Å². The third kappa shape index (κ3) is 7.99. The molecule has 55 heavy (non-hydrogen) atoms. The van der Waals surface area contributed by atoms with Gasteiger partial charge in [-0.05, 0) is 86.5 Å². The first kappa shape index (κ1) is 38.8. The molecule has 0 radical (unpaired) electrons. The molecule has 0 atom stereocenters. The van der Waals surface area contributed by atoms with Crippen molar-refractivity contribution in [2.24, 2.45) is 16.0 Å². The number of benzene rings is 3. The maximum atomic E-state index is 12.7. The van der Waals surface area contributed by atoms with Crippen LogP contribution in [-0.2, 0) is 26.8 Å². The lowest BCUT2D eigenvalue weighted by Gasteiger charge is -2.13. The number of pyridine rings is 1. The number of aromatic hydroxyl groups is 1. The fourth-order valence-corrected chi connectivity index (χ4v) is 8.51. The van der Waals surface area contributed by atoms with E-state index >= 15 is 0 Å². The maximum Gasteiger partial charge on any atom is 0.296 e. The number of anilines is 4. The van der Waals surface area contributed by atoms with E-state index in [-0.39, 0.29) is 45.6 Å². The van der Waals surface area contributed by atoms with Crippen molar-refractivity contribution in [1.29, 1.82) is 0 Å². The number of aromatic nitrogens is 5. The van der Waals surface area contributed by atoms with Crippen LogP contribution >= 0.6 is 22.9 Å². The number of carbonyl (C=O) groups is 1. The zero-order valence-electron chi connectivity index (χ0n) is 28.5. The Kier molecular flexibility index (Phi) is 10.4. The fraction of sp³-hybridized carbons (Fsp3) is 0.125. The van der Waals surface area contributed by atoms with Crippen LogP contribution in [-0.4, -0.2) is 61.5 Å². The molecule has 0 aliphatic rings. The number of halogens is 1. The molecule has 6 aromatic rings. The Bertz CT molecular complexity index is 2860. The summed E-state index contributed by atoms with van der Waals surface area (Å²) < 4.78 is 69.3. The van der Waals surface area contributed by atoms with Crippen molar-refractivity contribution in [3.05, 3.63) is 86.9 Å². The lowest BCUT2D eigenvalue weighted by molar-refractivity contribution is 0.0997. The van der Waals surface area contributed by atoms with Crippen molar-refractivity contribution in [2.75, 3.05) is 10.6 Å². The molecule has 0 bridgehead atoms. The molecule has 3 aromatic carbocycles. The van der Waals surface area contributed by atoms with Gasteiger partial charge in [0.05, 0.1) is 10.2 Å². The predicted octanol–water partition coefficient (Wildman–Crippen LogP) is 5.80. The summed E-state index contributed by atoms with van der Waals surface area (Å²) in [5, 5.41) is 24.6. The quantitative estimate of drug-likeness (QED) is 0.0664. The molecular formula is C32H27ClN10O9S3. The molecule has 0 aliphatic carbocycles. The molecule has 0 fully saturated rings. The Labute approximate surface area is 320 Å². The van der Waals surface area contributed by atoms with Crippen LogP contribution in [0.25, 0.3) is 20.8 Å². The van der Waals surface area contributed by atoms with Crippen molar-refractivity contribution < 1.29 is 35.8 Å². The van der Waals surface area contributed by atoms with E-state index in [0.29, 0.717) is 32.0 Å². The Morgan fingerprint density at radius 2 is 1.55 bits per heavy atom. The van der Waals surface area contributed by atoms with Crippen LogP contribution in [0.4, 0.5) is 34.6 Å². The van der Waals surface area contributed by atoms with Gasteiger partial charge in [-0.15, -0.1) is 21.6 Å². The number of nitrogens with one attached hydrogen (secondary N) is 2.